The predicted octanol–water partition coefficient (Wildman–Crippen LogP) is 4.06. The Bertz CT molecular complexity index is 531. The van der Waals surface area contributed by atoms with E-state index in [-0.39, 0.29) is 0 Å². The van der Waals surface area contributed by atoms with Crippen LogP contribution >= 0.6 is 11.6 Å². The minimum Gasteiger partial charge on any atom is -0.496 e. The molecule has 0 bridgehead atoms. The normalized spacial score (nSPS) is 10.6. The van der Waals surface area contributed by atoms with Crippen LogP contribution in [0.3, 0.4) is 0 Å². The maximum absolute atomic E-state index is 5.66. The molecule has 19 heavy (non-hydrogen) atoms. The van der Waals surface area contributed by atoms with Gasteiger partial charge >= 0.3 is 0 Å². The molecule has 0 amide bonds. The molecule has 102 valence electrons. The van der Waals surface area contributed by atoms with Gasteiger partial charge in [-0.05, 0) is 25.0 Å². The van der Waals surface area contributed by atoms with E-state index in [4.69, 9.17) is 16.3 Å². The third kappa shape index (κ3) is 3.51. The second kappa shape index (κ2) is 7.19. The predicted molar refractivity (Wildman–Crippen MR) is 81.4 cm³/mol. The van der Waals surface area contributed by atoms with Gasteiger partial charge in [-0.1, -0.05) is 18.6 Å². The van der Waals surface area contributed by atoms with Crippen LogP contribution in [-0.4, -0.2) is 24.5 Å². The molecule has 0 spiro atoms. The highest BCUT2D eigenvalue weighted by Gasteiger charge is 2.05. The van der Waals surface area contributed by atoms with Crippen molar-refractivity contribution in [2.24, 2.45) is 0 Å². The summed E-state index contributed by atoms with van der Waals surface area (Å²) in [7, 11) is 1.69. The fourth-order valence-corrected chi connectivity index (χ4v) is 2.29. The number of halogens is 1. The molecule has 2 aromatic rings. The summed E-state index contributed by atoms with van der Waals surface area (Å²) < 4.78 is 5.37. The molecule has 1 aromatic carbocycles. The first-order valence-electron chi connectivity index (χ1n) is 6.58. The van der Waals surface area contributed by atoms with E-state index in [0.29, 0.717) is 0 Å². The Labute approximate surface area is 118 Å². The van der Waals surface area contributed by atoms with E-state index in [0.717, 1.165) is 54.0 Å². The third-order valence-corrected chi connectivity index (χ3v) is 3.36. The van der Waals surface area contributed by atoms with Gasteiger partial charge in [-0.25, -0.2) is 4.98 Å². The van der Waals surface area contributed by atoms with Crippen molar-refractivity contribution < 1.29 is 4.74 Å². The van der Waals surface area contributed by atoms with Crippen molar-refractivity contribution >= 4 is 28.2 Å². The van der Waals surface area contributed by atoms with Gasteiger partial charge in [-0.2, -0.15) is 0 Å². The van der Waals surface area contributed by atoms with Gasteiger partial charge in [-0.15, -0.1) is 11.6 Å². The van der Waals surface area contributed by atoms with E-state index >= 15 is 0 Å². The number of aromatic nitrogens is 1. The number of pyridine rings is 1. The molecular weight excluding hydrogens is 260 g/mol. The molecule has 2 rings (SSSR count). The fraction of sp³-hybridized carbons (Fsp3) is 0.400. The summed E-state index contributed by atoms with van der Waals surface area (Å²) in [4.78, 5) is 4.41. The minimum absolute atomic E-state index is 0.740. The van der Waals surface area contributed by atoms with Gasteiger partial charge in [0.25, 0.3) is 0 Å². The van der Waals surface area contributed by atoms with E-state index in [9.17, 15) is 0 Å². The van der Waals surface area contributed by atoms with Crippen LogP contribution in [0.1, 0.15) is 19.3 Å². The lowest BCUT2D eigenvalue weighted by atomic mass is 10.1. The number of rotatable bonds is 7. The van der Waals surface area contributed by atoms with Crippen LogP contribution in [-0.2, 0) is 0 Å². The Kier molecular flexibility index (Phi) is 5.28. The van der Waals surface area contributed by atoms with Crippen LogP contribution in [0.15, 0.2) is 30.5 Å². The molecule has 0 saturated carbocycles. The van der Waals surface area contributed by atoms with Crippen LogP contribution in [0.5, 0.6) is 5.75 Å². The molecule has 4 heteroatoms. The van der Waals surface area contributed by atoms with E-state index in [1.807, 2.05) is 24.4 Å². The summed E-state index contributed by atoms with van der Waals surface area (Å²) in [5.74, 6) is 2.54. The average Bonchev–Trinajstić information content (AvgIpc) is 2.46. The Morgan fingerprint density at radius 2 is 2.05 bits per heavy atom. The minimum atomic E-state index is 0.740. The topological polar surface area (TPSA) is 34.1 Å². The molecule has 0 unspecified atom stereocenters. The number of hydrogen-bond acceptors (Lipinski definition) is 3. The van der Waals surface area contributed by atoms with Crippen molar-refractivity contribution in [2.75, 3.05) is 24.9 Å². The zero-order valence-corrected chi connectivity index (χ0v) is 11.9. The molecule has 1 N–H and O–H groups in total. The second-order valence-corrected chi connectivity index (χ2v) is 4.77. The highest BCUT2D eigenvalue weighted by molar-refractivity contribution is 6.17. The van der Waals surface area contributed by atoms with Crippen LogP contribution in [0.25, 0.3) is 10.8 Å². The smallest absolute Gasteiger partial charge is 0.133 e. The number of anilines is 1. The molecule has 1 heterocycles. The van der Waals surface area contributed by atoms with Gasteiger partial charge < -0.3 is 10.1 Å². The number of unbranched alkanes of at least 4 members (excludes halogenated alkanes) is 2. The number of benzene rings is 1. The number of hydrogen-bond donors (Lipinski definition) is 1. The number of alkyl halides is 1. The van der Waals surface area contributed by atoms with Crippen LogP contribution < -0.4 is 10.1 Å². The number of methoxy groups -OCH3 is 1. The van der Waals surface area contributed by atoms with E-state index in [2.05, 4.69) is 16.4 Å². The molecule has 3 nitrogen and oxygen atoms in total. The Balaban J connectivity index is 2.10. The van der Waals surface area contributed by atoms with Crippen LogP contribution in [0, 0.1) is 0 Å². The lowest BCUT2D eigenvalue weighted by Gasteiger charge is -2.10. The summed E-state index contributed by atoms with van der Waals surface area (Å²) in [6.45, 7) is 0.917. The zero-order chi connectivity index (χ0) is 13.5. The van der Waals surface area contributed by atoms with Gasteiger partial charge in [0.15, 0.2) is 0 Å². The van der Waals surface area contributed by atoms with Crippen LogP contribution in [0.4, 0.5) is 5.82 Å². The molecular formula is C15H19ClN2O. The number of nitrogens with one attached hydrogen (secondary N) is 1. The monoisotopic (exact) mass is 278 g/mol. The molecule has 0 saturated heterocycles. The summed E-state index contributed by atoms with van der Waals surface area (Å²) >= 11 is 5.66. The molecule has 0 aliphatic carbocycles. The van der Waals surface area contributed by atoms with Crippen molar-refractivity contribution in [1.29, 1.82) is 0 Å². The standard InChI is InChI=1S/C15H19ClN2O/c1-19-14-7-5-6-13-12(14)8-11-18-15(13)17-10-4-2-3-9-16/h5-8,11H,2-4,9-10H2,1H3,(H,17,18). The van der Waals surface area contributed by atoms with Gasteiger partial charge in [0.2, 0.25) is 0 Å². The van der Waals surface area contributed by atoms with E-state index in [1.165, 1.54) is 0 Å². The summed E-state index contributed by atoms with van der Waals surface area (Å²) in [6, 6.07) is 7.99. The molecule has 1 aromatic heterocycles. The summed E-state index contributed by atoms with van der Waals surface area (Å²) in [5, 5.41) is 5.57. The summed E-state index contributed by atoms with van der Waals surface area (Å²) in [6.07, 6.45) is 5.13. The maximum atomic E-state index is 5.66. The van der Waals surface area contributed by atoms with Crippen molar-refractivity contribution in [3.05, 3.63) is 30.5 Å². The molecule has 0 aliphatic heterocycles. The van der Waals surface area contributed by atoms with Gasteiger partial charge in [0.05, 0.1) is 7.11 Å². The third-order valence-electron chi connectivity index (χ3n) is 3.09. The average molecular weight is 279 g/mol. The summed E-state index contributed by atoms with van der Waals surface area (Å²) in [5.41, 5.74) is 0. The lowest BCUT2D eigenvalue weighted by molar-refractivity contribution is 0.420. The Morgan fingerprint density at radius 3 is 2.84 bits per heavy atom. The van der Waals surface area contributed by atoms with Gasteiger partial charge in [0, 0.05) is 29.4 Å². The highest BCUT2D eigenvalue weighted by atomic mass is 35.5. The quantitative estimate of drug-likeness (QED) is 0.612. The van der Waals surface area contributed by atoms with Crippen molar-refractivity contribution in [1.82, 2.24) is 4.98 Å². The van der Waals surface area contributed by atoms with E-state index < -0.39 is 0 Å². The van der Waals surface area contributed by atoms with Gasteiger partial charge in [0.1, 0.15) is 11.6 Å². The first kappa shape index (κ1) is 13.9. The largest absolute Gasteiger partial charge is 0.496 e. The highest BCUT2D eigenvalue weighted by Crippen LogP contribution is 2.28. The number of nitrogens with zero attached hydrogens (tertiary/aromatic N) is 1. The van der Waals surface area contributed by atoms with Crippen molar-refractivity contribution in [3.8, 4) is 5.75 Å². The second-order valence-electron chi connectivity index (χ2n) is 4.39. The molecule has 0 atom stereocenters. The zero-order valence-electron chi connectivity index (χ0n) is 11.2. The molecule has 0 aliphatic rings. The van der Waals surface area contributed by atoms with Crippen LogP contribution in [0.2, 0.25) is 0 Å². The number of ether oxygens (including phenoxy) is 1. The first-order valence-corrected chi connectivity index (χ1v) is 7.12. The number of fused-ring (bicyclic) bond motifs is 1. The van der Waals surface area contributed by atoms with E-state index in [1.54, 1.807) is 7.11 Å². The Morgan fingerprint density at radius 1 is 1.16 bits per heavy atom. The lowest BCUT2D eigenvalue weighted by Crippen LogP contribution is -2.04. The first-order chi connectivity index (χ1) is 9.36. The maximum Gasteiger partial charge on any atom is 0.133 e. The SMILES string of the molecule is COc1cccc2c(NCCCCCCl)nccc12. The Hall–Kier alpha value is -1.48. The van der Waals surface area contributed by atoms with Gasteiger partial charge in [-0.3, -0.25) is 0 Å². The molecule has 0 radical (unpaired) electrons. The van der Waals surface area contributed by atoms with Crippen molar-refractivity contribution in [3.63, 3.8) is 0 Å². The fourth-order valence-electron chi connectivity index (χ4n) is 2.10. The van der Waals surface area contributed by atoms with Crippen molar-refractivity contribution in [2.45, 2.75) is 19.3 Å². The molecule has 0 fully saturated rings.